The molecule has 0 saturated carbocycles. The molecule has 4 nitrogen and oxygen atoms in total. The van der Waals surface area contributed by atoms with E-state index in [0.29, 0.717) is 18.1 Å². The topological polar surface area (TPSA) is 33.1 Å². The van der Waals surface area contributed by atoms with E-state index in [-0.39, 0.29) is 11.2 Å². The van der Waals surface area contributed by atoms with Crippen molar-refractivity contribution in [1.29, 1.82) is 0 Å². The molecule has 3 aliphatic rings. The van der Waals surface area contributed by atoms with Gasteiger partial charge in [-0.05, 0) is 107 Å². The molecular weight excluding hydrogens is 411 g/mol. The summed E-state index contributed by atoms with van der Waals surface area (Å²) < 4.78 is 16.6. The molecule has 4 heterocycles. The van der Waals surface area contributed by atoms with Crippen LogP contribution in [0.3, 0.4) is 0 Å². The van der Waals surface area contributed by atoms with Crippen molar-refractivity contribution in [2.45, 2.75) is 75.4 Å². The number of nitrogens with one attached hydrogen (secondary N) is 1. The Labute approximate surface area is 196 Å². The lowest BCUT2D eigenvalue weighted by atomic mass is 9.70. The average Bonchev–Trinajstić information content (AvgIpc) is 3.29. The smallest absolute Gasteiger partial charge is 0.123 e. The average molecular weight is 447 g/mol. The lowest BCUT2D eigenvalue weighted by Gasteiger charge is -2.44. The minimum absolute atomic E-state index is 0.0980. The van der Waals surface area contributed by atoms with Gasteiger partial charge < -0.3 is 9.88 Å². The zero-order valence-electron chi connectivity index (χ0n) is 19.6. The number of halogens is 1. The predicted octanol–water partition coefficient (Wildman–Crippen LogP) is 5.36. The van der Waals surface area contributed by atoms with E-state index in [0.717, 1.165) is 50.2 Å². The monoisotopic (exact) mass is 446 g/mol. The van der Waals surface area contributed by atoms with Crippen LogP contribution < -0.4 is 5.32 Å². The van der Waals surface area contributed by atoms with Crippen LogP contribution in [0.15, 0.2) is 48.5 Å². The zero-order chi connectivity index (χ0) is 22.4. The highest BCUT2D eigenvalue weighted by atomic mass is 19.1. The number of fused-ring (bicyclic) bond motifs is 3. The molecule has 3 aromatic rings. The van der Waals surface area contributed by atoms with Crippen LogP contribution in [0.25, 0.3) is 11.0 Å². The molecule has 2 bridgehead atoms. The fourth-order valence-electron chi connectivity index (χ4n) is 7.20. The molecular formula is C28H35FN4. The Kier molecular flexibility index (Phi) is 5.50. The number of benzene rings is 2. The summed E-state index contributed by atoms with van der Waals surface area (Å²) in [5.74, 6) is 1.04. The van der Waals surface area contributed by atoms with Crippen LogP contribution in [0.1, 0.15) is 62.4 Å². The Hall–Kier alpha value is -2.24. The van der Waals surface area contributed by atoms with Crippen LogP contribution in [0.4, 0.5) is 4.39 Å². The van der Waals surface area contributed by atoms with Crippen LogP contribution in [0.2, 0.25) is 0 Å². The van der Waals surface area contributed by atoms with Crippen LogP contribution in [0.5, 0.6) is 0 Å². The van der Waals surface area contributed by atoms with Gasteiger partial charge in [-0.3, -0.25) is 4.90 Å². The fraction of sp³-hybridized carbons (Fsp3) is 0.536. The van der Waals surface area contributed by atoms with Crippen molar-refractivity contribution in [2.24, 2.45) is 0 Å². The van der Waals surface area contributed by atoms with E-state index in [1.807, 2.05) is 6.07 Å². The molecule has 1 aromatic heterocycles. The maximum atomic E-state index is 14.1. The van der Waals surface area contributed by atoms with Gasteiger partial charge >= 0.3 is 0 Å². The number of piperidine rings is 2. The van der Waals surface area contributed by atoms with Crippen molar-refractivity contribution in [3.8, 4) is 0 Å². The summed E-state index contributed by atoms with van der Waals surface area (Å²) in [5, 5.41) is 3.52. The highest BCUT2D eigenvalue weighted by Gasteiger charge is 2.43. The van der Waals surface area contributed by atoms with Crippen molar-refractivity contribution in [2.75, 3.05) is 19.6 Å². The molecule has 0 spiro atoms. The molecule has 0 aliphatic carbocycles. The Bertz CT molecular complexity index is 1120. The van der Waals surface area contributed by atoms with Crippen molar-refractivity contribution in [3.05, 3.63) is 65.7 Å². The third-order valence-corrected chi connectivity index (χ3v) is 8.84. The standard InChI is InChI=1S/C28H35FN4/c1-20-31-26-7-2-3-8-27(26)33(20)25-18-23-9-10-24(19-25)32(23)16-13-28(11-14-30-15-12-28)21-5-4-6-22(29)17-21/h2-8,17,23-25,30H,9-16,18-19H2,1H3/t23-,24-/m0/s1. The van der Waals surface area contributed by atoms with Crippen LogP contribution in [-0.4, -0.2) is 46.2 Å². The third-order valence-electron chi connectivity index (χ3n) is 8.84. The fourth-order valence-corrected chi connectivity index (χ4v) is 7.20. The quantitative estimate of drug-likeness (QED) is 0.573. The maximum Gasteiger partial charge on any atom is 0.123 e. The Morgan fingerprint density at radius 1 is 1.00 bits per heavy atom. The number of hydrogen-bond donors (Lipinski definition) is 1. The summed E-state index contributed by atoms with van der Waals surface area (Å²) in [5.41, 5.74) is 3.70. The first kappa shape index (κ1) is 21.3. The van der Waals surface area contributed by atoms with E-state index < -0.39 is 0 Å². The lowest BCUT2D eigenvalue weighted by molar-refractivity contribution is 0.0928. The number of para-hydroxylation sites is 2. The molecule has 1 N–H and O–H groups in total. The predicted molar refractivity (Wildman–Crippen MR) is 131 cm³/mol. The second-order valence-electron chi connectivity index (χ2n) is 10.6. The van der Waals surface area contributed by atoms with Crippen molar-refractivity contribution < 1.29 is 4.39 Å². The first-order valence-electron chi connectivity index (χ1n) is 12.8. The lowest BCUT2D eigenvalue weighted by Crippen LogP contribution is -2.47. The molecule has 33 heavy (non-hydrogen) atoms. The summed E-state index contributed by atoms with van der Waals surface area (Å²) in [6.07, 6.45) is 8.37. The van der Waals surface area contributed by atoms with Crippen LogP contribution in [0, 0.1) is 12.7 Å². The SMILES string of the molecule is Cc1nc2ccccc2n1C1C[C@@H]2CC[C@@H](C1)N2CCC1(c2cccc(F)c2)CCNCC1. The van der Waals surface area contributed by atoms with Gasteiger partial charge in [-0.15, -0.1) is 0 Å². The van der Waals surface area contributed by atoms with Crippen LogP contribution >= 0.6 is 0 Å². The first-order valence-corrected chi connectivity index (χ1v) is 12.8. The Morgan fingerprint density at radius 3 is 2.52 bits per heavy atom. The highest BCUT2D eigenvalue weighted by molar-refractivity contribution is 5.76. The van der Waals surface area contributed by atoms with Gasteiger partial charge in [0, 0.05) is 18.1 Å². The molecule has 2 aromatic carbocycles. The van der Waals surface area contributed by atoms with E-state index in [9.17, 15) is 4.39 Å². The summed E-state index contributed by atoms with van der Waals surface area (Å²) in [6, 6.07) is 17.8. The van der Waals surface area contributed by atoms with Gasteiger partial charge in [0.15, 0.2) is 0 Å². The van der Waals surface area contributed by atoms with E-state index in [2.05, 4.69) is 52.0 Å². The second-order valence-corrected chi connectivity index (χ2v) is 10.6. The number of hydrogen-bond acceptors (Lipinski definition) is 3. The number of nitrogens with zero attached hydrogens (tertiary/aromatic N) is 3. The minimum atomic E-state index is -0.103. The first-order chi connectivity index (χ1) is 16.1. The van der Waals surface area contributed by atoms with Gasteiger partial charge in [0.2, 0.25) is 0 Å². The van der Waals surface area contributed by atoms with Crippen LogP contribution in [-0.2, 0) is 5.41 Å². The van der Waals surface area contributed by atoms with Gasteiger partial charge in [0.1, 0.15) is 11.6 Å². The van der Waals surface area contributed by atoms with E-state index in [1.165, 1.54) is 36.8 Å². The number of aryl methyl sites for hydroxylation is 1. The Morgan fingerprint density at radius 2 is 1.76 bits per heavy atom. The minimum Gasteiger partial charge on any atom is -0.325 e. The van der Waals surface area contributed by atoms with Gasteiger partial charge in [-0.1, -0.05) is 24.3 Å². The van der Waals surface area contributed by atoms with Crippen molar-refractivity contribution in [1.82, 2.24) is 19.8 Å². The summed E-state index contributed by atoms with van der Waals surface area (Å²) >= 11 is 0. The molecule has 3 fully saturated rings. The van der Waals surface area contributed by atoms with Gasteiger partial charge in [0.25, 0.3) is 0 Å². The third kappa shape index (κ3) is 3.79. The second kappa shape index (κ2) is 8.52. The highest BCUT2D eigenvalue weighted by Crippen LogP contribution is 2.44. The van der Waals surface area contributed by atoms with Gasteiger partial charge in [0.05, 0.1) is 11.0 Å². The number of imidazole rings is 1. The summed E-state index contributed by atoms with van der Waals surface area (Å²) in [4.78, 5) is 7.65. The molecule has 174 valence electrons. The van der Waals surface area contributed by atoms with Crippen molar-refractivity contribution in [3.63, 3.8) is 0 Å². The number of rotatable bonds is 5. The Balaban J connectivity index is 1.21. The summed E-state index contributed by atoms with van der Waals surface area (Å²) in [6.45, 7) is 5.34. The molecule has 0 radical (unpaired) electrons. The molecule has 0 unspecified atom stereocenters. The van der Waals surface area contributed by atoms with E-state index in [1.54, 1.807) is 12.1 Å². The zero-order valence-corrected chi connectivity index (χ0v) is 19.6. The van der Waals surface area contributed by atoms with Crippen molar-refractivity contribution >= 4 is 11.0 Å². The maximum absolute atomic E-state index is 14.1. The molecule has 2 atom stereocenters. The molecule has 3 saturated heterocycles. The van der Waals surface area contributed by atoms with E-state index in [4.69, 9.17) is 4.98 Å². The van der Waals surface area contributed by atoms with Gasteiger partial charge in [-0.25, -0.2) is 9.37 Å². The van der Waals surface area contributed by atoms with E-state index >= 15 is 0 Å². The molecule has 5 heteroatoms. The molecule has 0 amide bonds. The largest absolute Gasteiger partial charge is 0.325 e. The normalized spacial score (nSPS) is 27.3. The molecule has 6 rings (SSSR count). The number of aromatic nitrogens is 2. The summed E-state index contributed by atoms with van der Waals surface area (Å²) in [7, 11) is 0. The molecule has 3 aliphatic heterocycles. The van der Waals surface area contributed by atoms with Gasteiger partial charge in [-0.2, -0.15) is 0 Å².